The van der Waals surface area contributed by atoms with Gasteiger partial charge < -0.3 is 10.7 Å². The Kier molecular flexibility index (Phi) is 2.53. The van der Waals surface area contributed by atoms with E-state index in [1.165, 1.54) is 0 Å². The summed E-state index contributed by atoms with van der Waals surface area (Å²) in [7, 11) is 0. The number of H-pyrrole nitrogens is 2. The van der Waals surface area contributed by atoms with Crippen LogP contribution in [0, 0.1) is 6.92 Å². The van der Waals surface area contributed by atoms with Crippen molar-refractivity contribution in [2.24, 2.45) is 0 Å². The number of hydrogen-bond donors (Lipinski definition) is 3. The Balaban J connectivity index is 2.26. The van der Waals surface area contributed by atoms with E-state index in [9.17, 15) is 4.79 Å². The molecule has 2 heterocycles. The molecule has 0 unspecified atom stereocenters. The summed E-state index contributed by atoms with van der Waals surface area (Å²) in [6.45, 7) is 1.93. The van der Waals surface area contributed by atoms with Crippen molar-refractivity contribution in [2.45, 2.75) is 6.92 Å². The highest BCUT2D eigenvalue weighted by atomic mass is 35.5. The molecular formula is C12H10ClN5O. The van der Waals surface area contributed by atoms with Gasteiger partial charge in [0.05, 0.1) is 0 Å². The van der Waals surface area contributed by atoms with Crippen LogP contribution in [-0.2, 0) is 0 Å². The molecule has 0 saturated heterocycles. The minimum atomic E-state index is -0.347. The Hall–Kier alpha value is -2.34. The van der Waals surface area contributed by atoms with E-state index in [0.717, 1.165) is 11.1 Å². The molecule has 19 heavy (non-hydrogen) atoms. The smallest absolute Gasteiger partial charge is 0.278 e. The summed E-state index contributed by atoms with van der Waals surface area (Å²) in [5.41, 5.74) is 7.51. The highest BCUT2D eigenvalue weighted by Gasteiger charge is 2.10. The van der Waals surface area contributed by atoms with E-state index in [1.807, 2.05) is 19.1 Å². The lowest BCUT2D eigenvalue weighted by Gasteiger charge is -1.99. The van der Waals surface area contributed by atoms with Crippen molar-refractivity contribution < 1.29 is 0 Å². The number of benzene rings is 1. The van der Waals surface area contributed by atoms with Gasteiger partial charge in [0.15, 0.2) is 11.2 Å². The van der Waals surface area contributed by atoms with Gasteiger partial charge in [-0.2, -0.15) is 4.98 Å². The Bertz CT molecular complexity index is 815. The largest absolute Gasteiger partial charge is 0.369 e. The van der Waals surface area contributed by atoms with Gasteiger partial charge in [-0.25, -0.2) is 4.98 Å². The standard InChI is InChI=1S/C12H10ClN5O/c1-5-2-6(4-7(13)3-5)9-15-8-10(16-9)17-12(14)18-11(8)19/h2-4H,1H3,(H4,14,15,16,17,18,19). The number of hydrogen-bond acceptors (Lipinski definition) is 4. The zero-order chi connectivity index (χ0) is 13.6. The molecule has 96 valence electrons. The van der Waals surface area contributed by atoms with Gasteiger partial charge in [-0.15, -0.1) is 0 Å². The number of anilines is 1. The van der Waals surface area contributed by atoms with Crippen LogP contribution in [0.5, 0.6) is 0 Å². The fourth-order valence-electron chi connectivity index (χ4n) is 1.93. The number of halogens is 1. The maximum atomic E-state index is 11.7. The van der Waals surface area contributed by atoms with Crippen LogP contribution in [0.4, 0.5) is 5.95 Å². The monoisotopic (exact) mass is 275 g/mol. The zero-order valence-electron chi connectivity index (χ0n) is 9.99. The first kappa shape index (κ1) is 11.7. The number of imidazole rings is 1. The molecule has 0 aliphatic heterocycles. The number of aryl methyl sites for hydroxylation is 1. The average Bonchev–Trinajstić information content (AvgIpc) is 2.71. The van der Waals surface area contributed by atoms with Crippen LogP contribution in [0.3, 0.4) is 0 Å². The maximum Gasteiger partial charge on any atom is 0.278 e. The summed E-state index contributed by atoms with van der Waals surface area (Å²) in [5.74, 6) is 0.571. The minimum absolute atomic E-state index is 0.0397. The van der Waals surface area contributed by atoms with Crippen LogP contribution in [0.2, 0.25) is 5.02 Å². The summed E-state index contributed by atoms with van der Waals surface area (Å²) in [6, 6.07) is 5.53. The molecule has 0 atom stereocenters. The molecule has 0 saturated carbocycles. The van der Waals surface area contributed by atoms with Crippen molar-refractivity contribution in [1.29, 1.82) is 0 Å². The number of nitrogens with zero attached hydrogens (tertiary/aromatic N) is 2. The van der Waals surface area contributed by atoms with Crippen molar-refractivity contribution in [1.82, 2.24) is 19.9 Å². The molecular weight excluding hydrogens is 266 g/mol. The zero-order valence-corrected chi connectivity index (χ0v) is 10.7. The lowest BCUT2D eigenvalue weighted by atomic mass is 10.1. The minimum Gasteiger partial charge on any atom is -0.369 e. The Morgan fingerprint density at radius 1 is 1.21 bits per heavy atom. The first-order valence-corrected chi connectivity index (χ1v) is 5.94. The molecule has 0 amide bonds. The molecule has 0 bridgehead atoms. The van der Waals surface area contributed by atoms with E-state index < -0.39 is 0 Å². The average molecular weight is 276 g/mol. The number of rotatable bonds is 1. The van der Waals surface area contributed by atoms with E-state index in [4.69, 9.17) is 17.3 Å². The van der Waals surface area contributed by atoms with Crippen molar-refractivity contribution in [3.05, 3.63) is 39.1 Å². The predicted octanol–water partition coefficient (Wildman–Crippen LogP) is 1.86. The van der Waals surface area contributed by atoms with E-state index in [1.54, 1.807) is 6.07 Å². The van der Waals surface area contributed by atoms with Crippen LogP contribution < -0.4 is 11.3 Å². The lowest BCUT2D eigenvalue weighted by molar-refractivity contribution is 1.17. The highest BCUT2D eigenvalue weighted by Crippen LogP contribution is 2.23. The van der Waals surface area contributed by atoms with Crippen molar-refractivity contribution >= 4 is 28.7 Å². The number of fused-ring (bicyclic) bond motifs is 1. The van der Waals surface area contributed by atoms with Gasteiger partial charge in [-0.3, -0.25) is 9.78 Å². The summed E-state index contributed by atoms with van der Waals surface area (Å²) in [5, 5.41) is 0.608. The normalized spacial score (nSPS) is 11.1. The second-order valence-electron chi connectivity index (χ2n) is 4.25. The molecule has 4 N–H and O–H groups in total. The summed E-state index contributed by atoms with van der Waals surface area (Å²) in [6.07, 6.45) is 0. The molecule has 0 spiro atoms. The van der Waals surface area contributed by atoms with Gasteiger partial charge in [0.1, 0.15) is 5.82 Å². The quantitative estimate of drug-likeness (QED) is 0.631. The molecule has 1 aromatic carbocycles. The second-order valence-corrected chi connectivity index (χ2v) is 4.69. The Morgan fingerprint density at radius 3 is 2.74 bits per heavy atom. The molecule has 0 fully saturated rings. The van der Waals surface area contributed by atoms with E-state index in [2.05, 4.69) is 19.9 Å². The van der Waals surface area contributed by atoms with Crippen LogP contribution in [0.1, 0.15) is 5.56 Å². The van der Waals surface area contributed by atoms with Crippen LogP contribution >= 0.6 is 11.6 Å². The van der Waals surface area contributed by atoms with Gasteiger partial charge in [0.2, 0.25) is 5.95 Å². The first-order valence-electron chi connectivity index (χ1n) is 5.56. The predicted molar refractivity (Wildman–Crippen MR) is 74.1 cm³/mol. The SMILES string of the molecule is Cc1cc(Cl)cc(-c2nc3nc(N)[nH]c(=O)c3[nH]2)c1. The molecule has 0 aliphatic carbocycles. The number of nitrogen functional groups attached to an aromatic ring is 1. The van der Waals surface area contributed by atoms with Crippen LogP contribution in [-0.4, -0.2) is 19.9 Å². The van der Waals surface area contributed by atoms with Crippen LogP contribution in [0.15, 0.2) is 23.0 Å². The molecule has 6 nitrogen and oxygen atoms in total. The molecule has 3 rings (SSSR count). The Labute approximate surface area is 112 Å². The van der Waals surface area contributed by atoms with Crippen molar-refractivity contribution in [3.63, 3.8) is 0 Å². The second kappa shape index (κ2) is 4.10. The van der Waals surface area contributed by atoms with Gasteiger partial charge in [0, 0.05) is 10.6 Å². The molecule has 2 aromatic heterocycles. The maximum absolute atomic E-state index is 11.7. The van der Waals surface area contributed by atoms with Gasteiger partial charge in [-0.1, -0.05) is 11.6 Å². The van der Waals surface area contributed by atoms with E-state index in [0.29, 0.717) is 16.4 Å². The molecule has 0 radical (unpaired) electrons. The number of nitrogens with one attached hydrogen (secondary N) is 2. The van der Waals surface area contributed by atoms with Crippen molar-refractivity contribution in [2.75, 3.05) is 5.73 Å². The first-order chi connectivity index (χ1) is 9.02. The van der Waals surface area contributed by atoms with Gasteiger partial charge >= 0.3 is 0 Å². The summed E-state index contributed by atoms with van der Waals surface area (Å²) in [4.78, 5) is 25.3. The summed E-state index contributed by atoms with van der Waals surface area (Å²) < 4.78 is 0. The topological polar surface area (TPSA) is 100 Å². The van der Waals surface area contributed by atoms with E-state index >= 15 is 0 Å². The third-order valence-corrected chi connectivity index (χ3v) is 2.91. The van der Waals surface area contributed by atoms with E-state index in [-0.39, 0.29) is 17.2 Å². The molecule has 3 aromatic rings. The van der Waals surface area contributed by atoms with Crippen molar-refractivity contribution in [3.8, 4) is 11.4 Å². The van der Waals surface area contributed by atoms with Gasteiger partial charge in [-0.05, 0) is 30.7 Å². The molecule has 0 aliphatic rings. The Morgan fingerprint density at radius 2 is 2.00 bits per heavy atom. The fraction of sp³-hybridized carbons (Fsp3) is 0.0833. The number of nitrogens with two attached hydrogens (primary N) is 1. The third kappa shape index (κ3) is 2.06. The molecule has 7 heteroatoms. The van der Waals surface area contributed by atoms with Crippen LogP contribution in [0.25, 0.3) is 22.6 Å². The lowest BCUT2D eigenvalue weighted by Crippen LogP contribution is -2.10. The highest BCUT2D eigenvalue weighted by molar-refractivity contribution is 6.30. The van der Waals surface area contributed by atoms with Gasteiger partial charge in [0.25, 0.3) is 5.56 Å². The number of aromatic amines is 2. The third-order valence-electron chi connectivity index (χ3n) is 2.70. The fourth-order valence-corrected chi connectivity index (χ4v) is 2.22. The summed E-state index contributed by atoms with van der Waals surface area (Å²) >= 11 is 6.01. The number of aromatic nitrogens is 4.